The lowest BCUT2D eigenvalue weighted by atomic mass is 9.62. The molecular weight excluding hydrogens is 200 g/mol. The van der Waals surface area contributed by atoms with Gasteiger partial charge in [0.05, 0.1) is 6.26 Å². The molecule has 1 fully saturated rings. The predicted molar refractivity (Wildman–Crippen MR) is 63.3 cm³/mol. The van der Waals surface area contributed by atoms with Crippen LogP contribution in [0.1, 0.15) is 50.6 Å². The Hall–Kier alpha value is -1.05. The van der Waals surface area contributed by atoms with Gasteiger partial charge in [0, 0.05) is 5.92 Å². The maximum Gasteiger partial charge on any atom is 0.201 e. The summed E-state index contributed by atoms with van der Waals surface area (Å²) in [6.45, 7) is 6.59. The van der Waals surface area contributed by atoms with Crippen LogP contribution < -0.4 is 0 Å². The summed E-state index contributed by atoms with van der Waals surface area (Å²) in [7, 11) is 0. The van der Waals surface area contributed by atoms with E-state index >= 15 is 0 Å². The molecular formula is C14H20O2. The molecule has 1 saturated carbocycles. The number of Topliss-reactive ketones (excluding diaryl/α,β-unsaturated/α-hetero) is 1. The van der Waals surface area contributed by atoms with Crippen LogP contribution in [-0.2, 0) is 0 Å². The van der Waals surface area contributed by atoms with Crippen LogP contribution in [0.15, 0.2) is 22.8 Å². The molecule has 0 saturated heterocycles. The second-order valence-electron chi connectivity index (χ2n) is 5.68. The zero-order valence-corrected chi connectivity index (χ0v) is 10.3. The highest BCUT2D eigenvalue weighted by Gasteiger charge is 2.42. The lowest BCUT2D eigenvalue weighted by Crippen LogP contribution is -2.39. The van der Waals surface area contributed by atoms with Crippen LogP contribution in [0, 0.1) is 17.3 Å². The molecule has 0 aliphatic heterocycles. The van der Waals surface area contributed by atoms with Crippen LogP contribution in [0.25, 0.3) is 0 Å². The Balaban J connectivity index is 2.26. The molecule has 0 N–H and O–H groups in total. The van der Waals surface area contributed by atoms with E-state index in [9.17, 15) is 4.79 Å². The number of ketones is 1. The minimum Gasteiger partial charge on any atom is -0.461 e. The molecule has 0 unspecified atom stereocenters. The highest BCUT2D eigenvalue weighted by atomic mass is 16.3. The van der Waals surface area contributed by atoms with Crippen molar-refractivity contribution in [2.75, 3.05) is 0 Å². The van der Waals surface area contributed by atoms with E-state index in [1.54, 1.807) is 18.4 Å². The number of carbonyl (C=O) groups excluding carboxylic acids is 1. The zero-order chi connectivity index (χ0) is 11.8. The van der Waals surface area contributed by atoms with Crippen molar-refractivity contribution in [2.24, 2.45) is 17.3 Å². The molecule has 1 heterocycles. The molecule has 16 heavy (non-hydrogen) atoms. The van der Waals surface area contributed by atoms with Gasteiger partial charge in [0.2, 0.25) is 5.78 Å². The molecule has 1 aromatic rings. The predicted octanol–water partition coefficient (Wildman–Crippen LogP) is 3.92. The molecule has 1 aromatic heterocycles. The fourth-order valence-corrected chi connectivity index (χ4v) is 3.16. The zero-order valence-electron chi connectivity index (χ0n) is 10.3. The molecule has 0 radical (unpaired) electrons. The van der Waals surface area contributed by atoms with E-state index in [1.165, 1.54) is 6.42 Å². The standard InChI is InChI=1S/C14H20O2/c1-10-6-4-8-14(2,3)12(10)13(15)11-7-5-9-16-11/h5,7,9-10,12H,4,6,8H2,1-3H3/t10-,12-/m0/s1. The maximum atomic E-state index is 12.4. The normalized spacial score (nSPS) is 28.9. The number of furan rings is 1. The summed E-state index contributed by atoms with van der Waals surface area (Å²) in [5.74, 6) is 1.27. The second-order valence-corrected chi connectivity index (χ2v) is 5.68. The van der Waals surface area contributed by atoms with Crippen molar-refractivity contribution in [1.29, 1.82) is 0 Å². The van der Waals surface area contributed by atoms with Gasteiger partial charge in [0.15, 0.2) is 5.76 Å². The first kappa shape index (κ1) is 11.4. The first-order valence-corrected chi connectivity index (χ1v) is 6.10. The van der Waals surface area contributed by atoms with Gasteiger partial charge in [0.1, 0.15) is 0 Å². The van der Waals surface area contributed by atoms with Crippen molar-refractivity contribution in [3.63, 3.8) is 0 Å². The quantitative estimate of drug-likeness (QED) is 0.707. The van der Waals surface area contributed by atoms with Gasteiger partial charge in [-0.15, -0.1) is 0 Å². The minimum absolute atomic E-state index is 0.0988. The third kappa shape index (κ3) is 1.93. The molecule has 1 aliphatic carbocycles. The number of rotatable bonds is 2. The van der Waals surface area contributed by atoms with Crippen molar-refractivity contribution >= 4 is 5.78 Å². The third-order valence-corrected chi connectivity index (χ3v) is 3.94. The summed E-state index contributed by atoms with van der Waals surface area (Å²) in [5.41, 5.74) is 0.0988. The van der Waals surface area contributed by atoms with Gasteiger partial charge < -0.3 is 4.42 Å². The fraction of sp³-hybridized carbons (Fsp3) is 0.643. The Kier molecular flexibility index (Phi) is 2.92. The van der Waals surface area contributed by atoms with E-state index in [2.05, 4.69) is 20.8 Å². The molecule has 2 nitrogen and oxygen atoms in total. The van der Waals surface area contributed by atoms with Gasteiger partial charge in [-0.2, -0.15) is 0 Å². The molecule has 2 atom stereocenters. The van der Waals surface area contributed by atoms with E-state index in [1.807, 2.05) is 0 Å². The van der Waals surface area contributed by atoms with Crippen LogP contribution in [0.3, 0.4) is 0 Å². The van der Waals surface area contributed by atoms with Gasteiger partial charge in [0.25, 0.3) is 0 Å². The van der Waals surface area contributed by atoms with E-state index in [-0.39, 0.29) is 17.1 Å². The molecule has 88 valence electrons. The lowest BCUT2D eigenvalue weighted by molar-refractivity contribution is 0.0512. The topological polar surface area (TPSA) is 30.2 Å². The molecule has 1 aliphatic rings. The molecule has 0 bridgehead atoms. The van der Waals surface area contributed by atoms with Crippen LogP contribution in [0.2, 0.25) is 0 Å². The van der Waals surface area contributed by atoms with Gasteiger partial charge >= 0.3 is 0 Å². The summed E-state index contributed by atoms with van der Waals surface area (Å²) < 4.78 is 5.24. The van der Waals surface area contributed by atoms with Crippen molar-refractivity contribution in [3.8, 4) is 0 Å². The summed E-state index contributed by atoms with van der Waals surface area (Å²) in [4.78, 5) is 12.4. The van der Waals surface area contributed by atoms with Crippen LogP contribution in [0.5, 0.6) is 0 Å². The van der Waals surface area contributed by atoms with Gasteiger partial charge in [-0.05, 0) is 36.3 Å². The first-order chi connectivity index (χ1) is 7.52. The molecule has 0 aromatic carbocycles. The van der Waals surface area contributed by atoms with Crippen molar-refractivity contribution in [1.82, 2.24) is 0 Å². The van der Waals surface area contributed by atoms with E-state index in [0.29, 0.717) is 11.7 Å². The smallest absolute Gasteiger partial charge is 0.201 e. The Labute approximate surface area is 97.0 Å². The highest BCUT2D eigenvalue weighted by molar-refractivity contribution is 5.96. The van der Waals surface area contributed by atoms with Crippen LogP contribution in [-0.4, -0.2) is 5.78 Å². The maximum absolute atomic E-state index is 12.4. The monoisotopic (exact) mass is 220 g/mol. The summed E-state index contributed by atoms with van der Waals surface area (Å²) in [5, 5.41) is 0. The molecule has 0 spiro atoms. The van der Waals surface area contributed by atoms with Gasteiger partial charge in [-0.1, -0.05) is 27.2 Å². The average molecular weight is 220 g/mol. The van der Waals surface area contributed by atoms with E-state index in [4.69, 9.17) is 4.42 Å². The average Bonchev–Trinajstić information content (AvgIpc) is 2.68. The Morgan fingerprint density at radius 1 is 1.50 bits per heavy atom. The highest BCUT2D eigenvalue weighted by Crippen LogP contribution is 2.45. The van der Waals surface area contributed by atoms with Gasteiger partial charge in [-0.3, -0.25) is 4.79 Å². The van der Waals surface area contributed by atoms with Crippen LogP contribution >= 0.6 is 0 Å². The Morgan fingerprint density at radius 2 is 2.25 bits per heavy atom. The van der Waals surface area contributed by atoms with Crippen molar-refractivity contribution in [3.05, 3.63) is 24.2 Å². The Bertz CT molecular complexity index is 362. The largest absolute Gasteiger partial charge is 0.461 e. The summed E-state index contributed by atoms with van der Waals surface area (Å²) in [6, 6.07) is 3.56. The molecule has 0 amide bonds. The van der Waals surface area contributed by atoms with Crippen LogP contribution in [0.4, 0.5) is 0 Å². The SMILES string of the molecule is C[C@H]1CCCC(C)(C)[C@@H]1C(=O)c1ccco1. The second kappa shape index (κ2) is 4.08. The summed E-state index contributed by atoms with van der Waals surface area (Å²) in [6.07, 6.45) is 5.10. The van der Waals surface area contributed by atoms with Crippen molar-refractivity contribution in [2.45, 2.75) is 40.0 Å². The Morgan fingerprint density at radius 3 is 2.81 bits per heavy atom. The van der Waals surface area contributed by atoms with E-state index in [0.717, 1.165) is 12.8 Å². The fourth-order valence-electron chi connectivity index (χ4n) is 3.16. The molecule has 2 rings (SSSR count). The number of carbonyl (C=O) groups is 1. The van der Waals surface area contributed by atoms with Gasteiger partial charge in [-0.25, -0.2) is 0 Å². The van der Waals surface area contributed by atoms with E-state index < -0.39 is 0 Å². The molecule has 2 heteroatoms. The number of hydrogen-bond donors (Lipinski definition) is 0. The third-order valence-electron chi connectivity index (χ3n) is 3.94. The lowest BCUT2D eigenvalue weighted by Gasteiger charge is -2.41. The first-order valence-electron chi connectivity index (χ1n) is 6.10. The minimum atomic E-state index is 0.0988. The van der Waals surface area contributed by atoms with Crippen molar-refractivity contribution < 1.29 is 9.21 Å². The number of hydrogen-bond acceptors (Lipinski definition) is 2. The summed E-state index contributed by atoms with van der Waals surface area (Å²) >= 11 is 0.